The highest BCUT2D eigenvalue weighted by Crippen LogP contribution is 2.31. The number of para-hydroxylation sites is 1. The first-order chi connectivity index (χ1) is 12.7. The highest BCUT2D eigenvalue weighted by Gasteiger charge is 2.24. The van der Waals surface area contributed by atoms with Crippen LogP contribution < -0.4 is 4.90 Å². The van der Waals surface area contributed by atoms with Gasteiger partial charge in [0.2, 0.25) is 17.6 Å². The SMILES string of the molecule is Cc1cccc2c1N(C(=O)CCc1nc(-c3ccccn3)no1)CCC2. The number of nitrogens with zero attached hydrogens (tertiary/aromatic N) is 4. The Kier molecular flexibility index (Phi) is 4.48. The molecule has 0 spiro atoms. The van der Waals surface area contributed by atoms with Crippen molar-refractivity contribution in [2.75, 3.05) is 11.4 Å². The quantitative estimate of drug-likeness (QED) is 0.723. The fourth-order valence-electron chi connectivity index (χ4n) is 3.40. The molecule has 2 aromatic heterocycles. The molecule has 132 valence electrons. The van der Waals surface area contributed by atoms with Gasteiger partial charge >= 0.3 is 0 Å². The summed E-state index contributed by atoms with van der Waals surface area (Å²) < 4.78 is 5.28. The number of pyridine rings is 1. The van der Waals surface area contributed by atoms with Crippen LogP contribution in [0, 0.1) is 6.92 Å². The van der Waals surface area contributed by atoms with E-state index < -0.39 is 0 Å². The zero-order valence-corrected chi connectivity index (χ0v) is 14.7. The molecule has 0 bridgehead atoms. The summed E-state index contributed by atoms with van der Waals surface area (Å²) in [6.07, 6.45) is 4.48. The zero-order chi connectivity index (χ0) is 17.9. The summed E-state index contributed by atoms with van der Waals surface area (Å²) in [5.41, 5.74) is 4.13. The fourth-order valence-corrected chi connectivity index (χ4v) is 3.40. The van der Waals surface area contributed by atoms with Crippen LogP contribution in [-0.4, -0.2) is 27.6 Å². The second kappa shape index (κ2) is 7.07. The van der Waals surface area contributed by atoms with Gasteiger partial charge in [-0.05, 0) is 43.0 Å². The molecule has 1 aromatic carbocycles. The Balaban J connectivity index is 1.45. The number of aryl methyl sites for hydroxylation is 3. The van der Waals surface area contributed by atoms with E-state index in [0.29, 0.717) is 30.3 Å². The van der Waals surface area contributed by atoms with Gasteiger partial charge in [-0.15, -0.1) is 0 Å². The van der Waals surface area contributed by atoms with Gasteiger partial charge in [0.1, 0.15) is 5.69 Å². The third-order valence-corrected chi connectivity index (χ3v) is 4.63. The molecule has 1 aliphatic heterocycles. The van der Waals surface area contributed by atoms with Crippen LogP contribution in [0.2, 0.25) is 0 Å². The summed E-state index contributed by atoms with van der Waals surface area (Å²) >= 11 is 0. The normalized spacial score (nSPS) is 13.5. The van der Waals surface area contributed by atoms with Gasteiger partial charge in [0.05, 0.1) is 0 Å². The minimum absolute atomic E-state index is 0.0952. The second-order valence-electron chi connectivity index (χ2n) is 6.46. The van der Waals surface area contributed by atoms with Crippen LogP contribution in [0.1, 0.15) is 29.9 Å². The van der Waals surface area contributed by atoms with E-state index >= 15 is 0 Å². The summed E-state index contributed by atoms with van der Waals surface area (Å²) in [6, 6.07) is 11.8. The van der Waals surface area contributed by atoms with E-state index in [9.17, 15) is 4.79 Å². The Hall–Kier alpha value is -3.02. The van der Waals surface area contributed by atoms with Crippen LogP contribution in [0.5, 0.6) is 0 Å². The van der Waals surface area contributed by atoms with Gasteiger partial charge in [-0.3, -0.25) is 9.78 Å². The van der Waals surface area contributed by atoms with Crippen LogP contribution >= 0.6 is 0 Å². The Morgan fingerprint density at radius 2 is 2.15 bits per heavy atom. The third-order valence-electron chi connectivity index (χ3n) is 4.63. The van der Waals surface area contributed by atoms with Gasteiger partial charge in [-0.25, -0.2) is 0 Å². The maximum atomic E-state index is 12.8. The molecule has 0 saturated heterocycles. The number of anilines is 1. The van der Waals surface area contributed by atoms with Crippen molar-refractivity contribution in [3.63, 3.8) is 0 Å². The van der Waals surface area contributed by atoms with E-state index in [2.05, 4.69) is 40.2 Å². The summed E-state index contributed by atoms with van der Waals surface area (Å²) in [4.78, 5) is 23.2. The molecule has 0 fully saturated rings. The number of benzene rings is 1. The molecule has 0 saturated carbocycles. The lowest BCUT2D eigenvalue weighted by Crippen LogP contribution is -2.36. The van der Waals surface area contributed by atoms with Gasteiger partial charge < -0.3 is 9.42 Å². The number of hydrogen-bond acceptors (Lipinski definition) is 5. The van der Waals surface area contributed by atoms with Crippen LogP contribution in [0.3, 0.4) is 0 Å². The van der Waals surface area contributed by atoms with Crippen molar-refractivity contribution in [1.29, 1.82) is 0 Å². The number of aromatic nitrogens is 3. The minimum Gasteiger partial charge on any atom is -0.339 e. The van der Waals surface area contributed by atoms with E-state index in [4.69, 9.17) is 4.52 Å². The molecule has 1 aliphatic rings. The Morgan fingerprint density at radius 3 is 3.00 bits per heavy atom. The molecule has 1 amide bonds. The maximum Gasteiger partial charge on any atom is 0.227 e. The summed E-state index contributed by atoms with van der Waals surface area (Å²) in [6.45, 7) is 2.82. The number of amides is 1. The predicted octanol–water partition coefficient (Wildman–Crippen LogP) is 3.35. The van der Waals surface area contributed by atoms with Gasteiger partial charge in [0.25, 0.3) is 0 Å². The molecule has 4 rings (SSSR count). The van der Waals surface area contributed by atoms with Crippen molar-refractivity contribution in [2.45, 2.75) is 32.6 Å². The highest BCUT2D eigenvalue weighted by atomic mass is 16.5. The molecule has 3 aromatic rings. The van der Waals surface area contributed by atoms with Crippen molar-refractivity contribution < 1.29 is 9.32 Å². The lowest BCUT2D eigenvalue weighted by atomic mass is 9.98. The van der Waals surface area contributed by atoms with Gasteiger partial charge in [-0.2, -0.15) is 4.98 Å². The van der Waals surface area contributed by atoms with E-state index in [1.54, 1.807) is 6.20 Å². The fraction of sp³-hybridized carbons (Fsp3) is 0.300. The average molecular weight is 348 g/mol. The summed E-state index contributed by atoms with van der Waals surface area (Å²) in [5.74, 6) is 1.01. The summed E-state index contributed by atoms with van der Waals surface area (Å²) in [7, 11) is 0. The first-order valence-electron chi connectivity index (χ1n) is 8.85. The lowest BCUT2D eigenvalue weighted by Gasteiger charge is -2.31. The van der Waals surface area contributed by atoms with Gasteiger partial charge in [0.15, 0.2) is 0 Å². The molecular formula is C20H20N4O2. The predicted molar refractivity (Wildman–Crippen MR) is 97.7 cm³/mol. The van der Waals surface area contributed by atoms with Crippen molar-refractivity contribution in [2.24, 2.45) is 0 Å². The average Bonchev–Trinajstić information content (AvgIpc) is 3.16. The Bertz CT molecular complexity index is 921. The Labute approximate surface area is 151 Å². The molecule has 0 atom stereocenters. The van der Waals surface area contributed by atoms with E-state index in [1.807, 2.05) is 23.1 Å². The van der Waals surface area contributed by atoms with E-state index in [0.717, 1.165) is 30.6 Å². The van der Waals surface area contributed by atoms with Crippen molar-refractivity contribution in [3.05, 3.63) is 59.6 Å². The lowest BCUT2D eigenvalue weighted by molar-refractivity contribution is -0.118. The van der Waals surface area contributed by atoms with Gasteiger partial charge in [-0.1, -0.05) is 29.4 Å². The van der Waals surface area contributed by atoms with Crippen LogP contribution in [0.15, 0.2) is 47.1 Å². The number of hydrogen-bond donors (Lipinski definition) is 0. The first kappa shape index (κ1) is 16.4. The van der Waals surface area contributed by atoms with E-state index in [1.165, 1.54) is 5.56 Å². The molecule has 0 unspecified atom stereocenters. The van der Waals surface area contributed by atoms with Gasteiger partial charge in [0, 0.05) is 31.3 Å². The van der Waals surface area contributed by atoms with Crippen molar-refractivity contribution in [1.82, 2.24) is 15.1 Å². The molecular weight excluding hydrogens is 328 g/mol. The molecule has 0 aliphatic carbocycles. The number of carbonyl (C=O) groups excluding carboxylic acids is 1. The van der Waals surface area contributed by atoms with Crippen molar-refractivity contribution in [3.8, 4) is 11.5 Å². The largest absolute Gasteiger partial charge is 0.339 e. The molecule has 6 nitrogen and oxygen atoms in total. The molecule has 6 heteroatoms. The third kappa shape index (κ3) is 3.22. The first-order valence-corrected chi connectivity index (χ1v) is 8.85. The minimum atomic E-state index is 0.0952. The van der Waals surface area contributed by atoms with E-state index in [-0.39, 0.29) is 5.91 Å². The Morgan fingerprint density at radius 1 is 1.23 bits per heavy atom. The van der Waals surface area contributed by atoms with Crippen LogP contribution in [0.4, 0.5) is 5.69 Å². The topological polar surface area (TPSA) is 72.1 Å². The molecule has 0 radical (unpaired) electrons. The molecule has 3 heterocycles. The van der Waals surface area contributed by atoms with Crippen molar-refractivity contribution >= 4 is 11.6 Å². The monoisotopic (exact) mass is 348 g/mol. The number of carbonyl (C=O) groups is 1. The molecule has 26 heavy (non-hydrogen) atoms. The maximum absolute atomic E-state index is 12.8. The number of rotatable bonds is 4. The summed E-state index contributed by atoms with van der Waals surface area (Å²) in [5, 5.41) is 3.95. The standard InChI is InChI=1S/C20H20N4O2/c1-14-6-4-7-15-8-5-13-24(19(14)15)18(25)11-10-17-22-20(23-26-17)16-9-2-3-12-21-16/h2-4,6-7,9,12H,5,8,10-11,13H2,1H3. The highest BCUT2D eigenvalue weighted by molar-refractivity contribution is 5.95. The number of fused-ring (bicyclic) bond motifs is 1. The van der Waals surface area contributed by atoms with Crippen LogP contribution in [0.25, 0.3) is 11.5 Å². The second-order valence-corrected chi connectivity index (χ2v) is 6.46. The van der Waals surface area contributed by atoms with Crippen LogP contribution in [-0.2, 0) is 17.6 Å². The smallest absolute Gasteiger partial charge is 0.227 e. The zero-order valence-electron chi connectivity index (χ0n) is 14.7. The molecule has 0 N–H and O–H groups in total.